The number of aromatic nitrogens is 2. The number of carbonyl (C=O) groups excluding carboxylic acids is 1. The number of piperidine rings is 1. The molecule has 2 N–H and O–H groups in total. The van der Waals surface area contributed by atoms with Crippen molar-refractivity contribution in [3.05, 3.63) is 98.9 Å². The highest BCUT2D eigenvalue weighted by atomic mass is 35.5. The molecule has 1 amide bonds. The number of benzene rings is 3. The van der Waals surface area contributed by atoms with Crippen molar-refractivity contribution in [2.45, 2.75) is 31.8 Å². The summed E-state index contributed by atoms with van der Waals surface area (Å²) in [6.07, 6.45) is 3.63. The van der Waals surface area contributed by atoms with E-state index in [9.17, 15) is 4.79 Å². The molecule has 1 atom stereocenters. The SMILES string of the molecule is CNC1(C)CCCN(C(=O)c2ccc(Nc3ncc4c(n3)-c3ccc(Cl)cc3C(c3c(F)cccc3OC)=NC4)cc2Cl)C1. The number of hydrogen-bond donors (Lipinski definition) is 2. The number of ether oxygens (including phenoxy) is 1. The molecule has 0 aliphatic carbocycles. The molecule has 3 aromatic carbocycles. The van der Waals surface area contributed by atoms with E-state index >= 15 is 4.39 Å². The predicted octanol–water partition coefficient (Wildman–Crippen LogP) is 6.91. The van der Waals surface area contributed by atoms with E-state index in [1.54, 1.807) is 48.7 Å². The summed E-state index contributed by atoms with van der Waals surface area (Å²) in [5, 5.41) is 7.36. The second kappa shape index (κ2) is 12.1. The maximum atomic E-state index is 15.2. The molecular formula is C33H31Cl2FN6O2. The van der Waals surface area contributed by atoms with E-state index in [0.29, 0.717) is 63.1 Å². The molecule has 4 aromatic rings. The van der Waals surface area contributed by atoms with Gasteiger partial charge in [-0.1, -0.05) is 35.3 Å². The van der Waals surface area contributed by atoms with E-state index in [-0.39, 0.29) is 23.6 Å². The van der Waals surface area contributed by atoms with Crippen molar-refractivity contribution in [3.8, 4) is 17.0 Å². The van der Waals surface area contributed by atoms with Crippen LogP contribution in [0, 0.1) is 5.82 Å². The van der Waals surface area contributed by atoms with Crippen LogP contribution in [0.25, 0.3) is 11.3 Å². The standard InChI is InChI=1S/C33H31Cl2FN6O2/c1-33(37-2)12-5-13-42(18-33)31(43)23-11-9-21(15-25(23)35)40-32-39-17-19-16-38-30(28-26(36)6-4-7-27(28)44-3)24-14-20(34)8-10-22(24)29(19)41-32/h4,6-11,14-15,17,37H,5,12-13,16,18H2,1-3H3,(H,39,40,41). The van der Waals surface area contributed by atoms with Gasteiger partial charge in [0.1, 0.15) is 11.6 Å². The zero-order valence-corrected chi connectivity index (χ0v) is 26.1. The van der Waals surface area contributed by atoms with Crippen LogP contribution in [0.1, 0.15) is 46.8 Å². The van der Waals surface area contributed by atoms with Gasteiger partial charge in [-0.05, 0) is 69.3 Å². The van der Waals surface area contributed by atoms with E-state index in [4.69, 9.17) is 37.9 Å². The van der Waals surface area contributed by atoms with Crippen molar-refractivity contribution in [2.24, 2.45) is 4.99 Å². The third-order valence-electron chi connectivity index (χ3n) is 8.24. The Hall–Kier alpha value is -4.05. The summed E-state index contributed by atoms with van der Waals surface area (Å²) in [6.45, 7) is 3.65. The smallest absolute Gasteiger partial charge is 0.255 e. The van der Waals surface area contributed by atoms with Crippen LogP contribution >= 0.6 is 23.2 Å². The van der Waals surface area contributed by atoms with Gasteiger partial charge in [0.15, 0.2) is 0 Å². The van der Waals surface area contributed by atoms with Crippen LogP contribution in [0.3, 0.4) is 0 Å². The van der Waals surface area contributed by atoms with Gasteiger partial charge in [0.05, 0.1) is 41.2 Å². The summed E-state index contributed by atoms with van der Waals surface area (Å²) in [5.74, 6) is 0.141. The number of rotatable bonds is 6. The van der Waals surface area contributed by atoms with Gasteiger partial charge < -0.3 is 20.3 Å². The highest BCUT2D eigenvalue weighted by molar-refractivity contribution is 6.34. The topological polar surface area (TPSA) is 91.7 Å². The Morgan fingerprint density at radius 3 is 2.73 bits per heavy atom. The van der Waals surface area contributed by atoms with Gasteiger partial charge >= 0.3 is 0 Å². The maximum absolute atomic E-state index is 15.2. The van der Waals surface area contributed by atoms with Gasteiger partial charge in [-0.2, -0.15) is 0 Å². The molecule has 226 valence electrons. The van der Waals surface area contributed by atoms with Crippen molar-refractivity contribution in [2.75, 3.05) is 32.6 Å². The maximum Gasteiger partial charge on any atom is 0.255 e. The third kappa shape index (κ3) is 5.75. The largest absolute Gasteiger partial charge is 0.496 e. The normalized spacial score (nSPS) is 17.7. The van der Waals surface area contributed by atoms with Crippen molar-refractivity contribution in [1.82, 2.24) is 20.2 Å². The van der Waals surface area contributed by atoms with Gasteiger partial charge in [-0.15, -0.1) is 0 Å². The number of fused-ring (bicyclic) bond motifs is 3. The lowest BCUT2D eigenvalue weighted by atomic mass is 9.91. The first-order valence-electron chi connectivity index (χ1n) is 14.3. The average Bonchev–Trinajstić information content (AvgIpc) is 3.17. The molecule has 6 rings (SSSR count). The second-order valence-corrected chi connectivity index (χ2v) is 12.0. The molecule has 8 nitrogen and oxygen atoms in total. The molecule has 0 spiro atoms. The molecule has 0 saturated carbocycles. The lowest BCUT2D eigenvalue weighted by Crippen LogP contribution is -2.55. The summed E-state index contributed by atoms with van der Waals surface area (Å²) in [5.41, 5.74) is 4.37. The lowest BCUT2D eigenvalue weighted by Gasteiger charge is -2.40. The Labute approximate surface area is 265 Å². The molecule has 1 saturated heterocycles. The Kier molecular flexibility index (Phi) is 8.28. The average molecular weight is 634 g/mol. The van der Waals surface area contributed by atoms with Crippen molar-refractivity contribution < 1.29 is 13.9 Å². The molecule has 2 aliphatic heterocycles. The summed E-state index contributed by atoms with van der Waals surface area (Å²) in [7, 11) is 3.42. The number of methoxy groups -OCH3 is 1. The number of likely N-dealkylation sites (tertiary alicyclic amines) is 1. The second-order valence-electron chi connectivity index (χ2n) is 11.2. The minimum absolute atomic E-state index is 0.0958. The van der Waals surface area contributed by atoms with Crippen LogP contribution in [0.2, 0.25) is 10.0 Å². The molecule has 11 heteroatoms. The van der Waals surface area contributed by atoms with E-state index in [1.165, 1.54) is 13.2 Å². The molecule has 3 heterocycles. The number of aliphatic imine (C=N–C) groups is 1. The van der Waals surface area contributed by atoms with Gasteiger partial charge in [0.25, 0.3) is 5.91 Å². The van der Waals surface area contributed by atoms with Crippen LogP contribution in [0.15, 0.2) is 65.8 Å². The minimum Gasteiger partial charge on any atom is -0.496 e. The highest BCUT2D eigenvalue weighted by Crippen LogP contribution is 2.36. The van der Waals surface area contributed by atoms with Crippen molar-refractivity contribution in [1.29, 1.82) is 0 Å². The first kappa shape index (κ1) is 30.0. The summed E-state index contributed by atoms with van der Waals surface area (Å²) in [6, 6.07) is 15.2. The molecule has 1 fully saturated rings. The Morgan fingerprint density at radius 1 is 1.11 bits per heavy atom. The zero-order valence-electron chi connectivity index (χ0n) is 24.5. The summed E-state index contributed by atoms with van der Waals surface area (Å²) >= 11 is 13.0. The van der Waals surface area contributed by atoms with Gasteiger partial charge in [0, 0.05) is 52.2 Å². The molecular weight excluding hydrogens is 602 g/mol. The molecule has 1 aromatic heterocycles. The molecule has 0 radical (unpaired) electrons. The highest BCUT2D eigenvalue weighted by Gasteiger charge is 2.33. The number of carbonyl (C=O) groups is 1. The number of nitrogens with zero attached hydrogens (tertiary/aromatic N) is 4. The first-order valence-corrected chi connectivity index (χ1v) is 15.0. The number of anilines is 2. The van der Waals surface area contributed by atoms with Crippen LogP contribution in [0.4, 0.5) is 16.0 Å². The van der Waals surface area contributed by atoms with Crippen molar-refractivity contribution >= 4 is 46.5 Å². The number of hydrogen-bond acceptors (Lipinski definition) is 7. The van der Waals surface area contributed by atoms with E-state index in [2.05, 4.69) is 22.5 Å². The van der Waals surface area contributed by atoms with Crippen LogP contribution in [0.5, 0.6) is 5.75 Å². The van der Waals surface area contributed by atoms with E-state index < -0.39 is 5.82 Å². The molecule has 2 aliphatic rings. The quantitative estimate of drug-likeness (QED) is 0.240. The fourth-order valence-corrected chi connectivity index (χ4v) is 6.22. The van der Waals surface area contributed by atoms with Gasteiger partial charge in [0.2, 0.25) is 5.95 Å². The number of nitrogens with one attached hydrogen (secondary N) is 2. The van der Waals surface area contributed by atoms with Gasteiger partial charge in [-0.3, -0.25) is 9.79 Å². The fourth-order valence-electron chi connectivity index (χ4n) is 5.78. The fraction of sp³-hybridized carbons (Fsp3) is 0.273. The summed E-state index contributed by atoms with van der Waals surface area (Å²) < 4.78 is 20.7. The van der Waals surface area contributed by atoms with Gasteiger partial charge in [-0.25, -0.2) is 14.4 Å². The van der Waals surface area contributed by atoms with Crippen LogP contribution in [-0.4, -0.2) is 59.3 Å². The summed E-state index contributed by atoms with van der Waals surface area (Å²) in [4.78, 5) is 29.3. The Morgan fingerprint density at radius 2 is 1.95 bits per heavy atom. The van der Waals surface area contributed by atoms with E-state index in [1.807, 2.05) is 18.0 Å². The number of amides is 1. The van der Waals surface area contributed by atoms with Crippen molar-refractivity contribution in [3.63, 3.8) is 0 Å². The van der Waals surface area contributed by atoms with Crippen LogP contribution < -0.4 is 15.4 Å². The van der Waals surface area contributed by atoms with Crippen LogP contribution in [-0.2, 0) is 6.54 Å². The number of likely N-dealkylation sites (N-methyl/N-ethyl adjacent to an activating group) is 1. The molecule has 0 bridgehead atoms. The zero-order chi connectivity index (χ0) is 31.0. The van der Waals surface area contributed by atoms with E-state index in [0.717, 1.165) is 24.0 Å². The minimum atomic E-state index is -0.455. The molecule has 44 heavy (non-hydrogen) atoms. The third-order valence-corrected chi connectivity index (χ3v) is 8.79. The number of halogens is 3. The first-order chi connectivity index (χ1) is 21.2. The molecule has 1 unspecified atom stereocenters. The lowest BCUT2D eigenvalue weighted by molar-refractivity contribution is 0.0629. The Bertz CT molecular complexity index is 1800. The monoisotopic (exact) mass is 632 g/mol. The Balaban J connectivity index is 1.30. The predicted molar refractivity (Wildman–Crippen MR) is 172 cm³/mol.